The summed E-state index contributed by atoms with van der Waals surface area (Å²) in [6, 6.07) is 3.65. The van der Waals surface area contributed by atoms with Crippen molar-refractivity contribution in [2.45, 2.75) is 0 Å². The van der Waals surface area contributed by atoms with E-state index in [2.05, 4.69) is 9.72 Å². The number of benzene rings is 1. The number of carboxylic acid groups (broad SMARTS) is 1. The van der Waals surface area contributed by atoms with Gasteiger partial charge in [0, 0.05) is 5.56 Å². The lowest BCUT2D eigenvalue weighted by molar-refractivity contribution is 0.0593. The molecule has 0 fully saturated rings. The molecule has 0 aliphatic rings. The zero-order valence-corrected chi connectivity index (χ0v) is 13.1. The molecule has 0 spiro atoms. The number of aromatic nitrogens is 1. The van der Waals surface area contributed by atoms with E-state index in [1.807, 2.05) is 0 Å². The molecule has 23 heavy (non-hydrogen) atoms. The first-order valence-corrected chi connectivity index (χ1v) is 6.79. The van der Waals surface area contributed by atoms with Gasteiger partial charge in [0.2, 0.25) is 0 Å². The lowest BCUT2D eigenvalue weighted by Gasteiger charge is -2.11. The van der Waals surface area contributed by atoms with Crippen LogP contribution in [-0.4, -0.2) is 29.1 Å². The number of nitrogens with two attached hydrogens (primary N) is 1. The van der Waals surface area contributed by atoms with Crippen molar-refractivity contribution in [2.75, 3.05) is 12.8 Å². The second-order valence-electron chi connectivity index (χ2n) is 4.34. The molecule has 3 N–H and O–H groups in total. The lowest BCUT2D eigenvalue weighted by atomic mass is 10.0. The molecule has 0 saturated carbocycles. The first-order chi connectivity index (χ1) is 10.8. The van der Waals surface area contributed by atoms with E-state index in [1.54, 1.807) is 0 Å². The highest BCUT2D eigenvalue weighted by molar-refractivity contribution is 6.35. The van der Waals surface area contributed by atoms with Crippen LogP contribution in [0.1, 0.15) is 20.8 Å². The molecule has 1 heterocycles. The van der Waals surface area contributed by atoms with Crippen LogP contribution in [0.15, 0.2) is 18.2 Å². The fourth-order valence-corrected chi connectivity index (χ4v) is 2.22. The van der Waals surface area contributed by atoms with E-state index in [-0.39, 0.29) is 32.7 Å². The molecule has 0 amide bonds. The highest BCUT2D eigenvalue weighted by Crippen LogP contribution is 2.33. The third-order valence-electron chi connectivity index (χ3n) is 2.95. The molecule has 0 aliphatic carbocycles. The van der Waals surface area contributed by atoms with E-state index >= 15 is 0 Å². The highest BCUT2D eigenvalue weighted by atomic mass is 35.5. The number of anilines is 1. The van der Waals surface area contributed by atoms with Crippen molar-refractivity contribution in [2.24, 2.45) is 0 Å². The summed E-state index contributed by atoms with van der Waals surface area (Å²) in [5, 5.41) is 8.70. The summed E-state index contributed by atoms with van der Waals surface area (Å²) in [5.74, 6) is -3.53. The van der Waals surface area contributed by atoms with E-state index in [4.69, 9.17) is 28.9 Å². The van der Waals surface area contributed by atoms with Gasteiger partial charge in [-0.3, -0.25) is 0 Å². The van der Waals surface area contributed by atoms with E-state index in [9.17, 15) is 19.1 Å². The Morgan fingerprint density at radius 3 is 2.57 bits per heavy atom. The molecule has 0 aliphatic heterocycles. The Kier molecular flexibility index (Phi) is 4.72. The van der Waals surface area contributed by atoms with Crippen LogP contribution in [0.25, 0.3) is 11.3 Å². The number of nitrogen functional groups attached to an aromatic ring is 1. The van der Waals surface area contributed by atoms with Crippen molar-refractivity contribution in [3.05, 3.63) is 45.3 Å². The molecular formula is C14H9Cl2FN2O4. The smallest absolute Gasteiger partial charge is 0.358 e. The Morgan fingerprint density at radius 1 is 1.35 bits per heavy atom. The van der Waals surface area contributed by atoms with Crippen molar-refractivity contribution in [3.63, 3.8) is 0 Å². The number of methoxy groups -OCH3 is 1. The number of nitrogens with zero attached hydrogens (tertiary/aromatic N) is 1. The predicted molar refractivity (Wildman–Crippen MR) is 82.4 cm³/mol. The largest absolute Gasteiger partial charge is 0.478 e. The summed E-state index contributed by atoms with van der Waals surface area (Å²) >= 11 is 11.5. The molecule has 0 bridgehead atoms. The zero-order chi connectivity index (χ0) is 17.3. The van der Waals surface area contributed by atoms with Crippen molar-refractivity contribution in [1.29, 1.82) is 0 Å². The summed E-state index contributed by atoms with van der Waals surface area (Å²) in [4.78, 5) is 26.9. The standard InChI is InChI=1S/C14H9Cl2FN2O4/c1-23-14(22)12-10(16)7(18)4-8(19-12)5-2-3-6(15)11(17)9(5)13(20)21/h2-4H,1H3,(H2,18,19)(H,20,21). The van der Waals surface area contributed by atoms with Crippen molar-refractivity contribution >= 4 is 40.8 Å². The van der Waals surface area contributed by atoms with E-state index < -0.39 is 23.3 Å². The van der Waals surface area contributed by atoms with E-state index in [1.165, 1.54) is 18.2 Å². The van der Waals surface area contributed by atoms with E-state index in [0.29, 0.717) is 0 Å². The van der Waals surface area contributed by atoms with Gasteiger partial charge in [-0.25, -0.2) is 19.0 Å². The van der Waals surface area contributed by atoms with Crippen molar-refractivity contribution in [1.82, 2.24) is 4.98 Å². The number of carbonyl (C=O) groups excluding carboxylic acids is 1. The van der Waals surface area contributed by atoms with Crippen LogP contribution in [-0.2, 0) is 4.74 Å². The SMILES string of the molecule is COC(=O)c1nc(-c2ccc(Cl)c(F)c2C(=O)O)cc(N)c1Cl. The Hall–Kier alpha value is -2.38. The number of halogens is 3. The monoisotopic (exact) mass is 358 g/mol. The number of pyridine rings is 1. The number of aromatic carboxylic acids is 1. The summed E-state index contributed by atoms with van der Waals surface area (Å²) < 4.78 is 18.5. The Bertz CT molecular complexity index is 827. The second-order valence-corrected chi connectivity index (χ2v) is 5.13. The molecule has 2 rings (SSSR count). The van der Waals surface area contributed by atoms with E-state index in [0.717, 1.165) is 7.11 Å². The molecule has 0 radical (unpaired) electrons. The minimum atomic E-state index is -1.55. The van der Waals surface area contributed by atoms with Gasteiger partial charge in [0.25, 0.3) is 0 Å². The maximum Gasteiger partial charge on any atom is 0.358 e. The summed E-state index contributed by atoms with van der Waals surface area (Å²) in [6.45, 7) is 0. The van der Waals surface area contributed by atoms with Crippen LogP contribution < -0.4 is 5.73 Å². The average molecular weight is 359 g/mol. The number of ether oxygens (including phenoxy) is 1. The topological polar surface area (TPSA) is 103 Å². The zero-order valence-electron chi connectivity index (χ0n) is 11.6. The molecule has 6 nitrogen and oxygen atoms in total. The Morgan fingerprint density at radius 2 is 2.00 bits per heavy atom. The van der Waals surface area contributed by atoms with Gasteiger partial charge < -0.3 is 15.6 Å². The van der Waals surface area contributed by atoms with Gasteiger partial charge in [0.05, 0.1) is 28.5 Å². The van der Waals surface area contributed by atoms with Gasteiger partial charge in [-0.2, -0.15) is 0 Å². The highest BCUT2D eigenvalue weighted by Gasteiger charge is 2.23. The van der Waals surface area contributed by atoms with Gasteiger partial charge >= 0.3 is 11.9 Å². The Balaban J connectivity index is 2.78. The molecular weight excluding hydrogens is 350 g/mol. The quantitative estimate of drug-likeness (QED) is 0.816. The van der Waals surface area contributed by atoms with Gasteiger partial charge in [0.1, 0.15) is 5.56 Å². The van der Waals surface area contributed by atoms with Gasteiger partial charge in [0.15, 0.2) is 11.5 Å². The predicted octanol–water partition coefficient (Wildman–Crippen LogP) is 3.26. The number of hydrogen-bond acceptors (Lipinski definition) is 5. The van der Waals surface area contributed by atoms with Crippen LogP contribution in [0.3, 0.4) is 0 Å². The molecule has 120 valence electrons. The van der Waals surface area contributed by atoms with Crippen LogP contribution in [0, 0.1) is 5.82 Å². The molecule has 0 unspecified atom stereocenters. The van der Waals surface area contributed by atoms with Gasteiger partial charge in [-0.05, 0) is 12.1 Å². The fraction of sp³-hybridized carbons (Fsp3) is 0.0714. The van der Waals surface area contributed by atoms with Gasteiger partial charge in [-0.1, -0.05) is 29.3 Å². The van der Waals surface area contributed by atoms with Crippen LogP contribution in [0.2, 0.25) is 10.0 Å². The van der Waals surface area contributed by atoms with Crippen LogP contribution in [0.5, 0.6) is 0 Å². The third kappa shape index (κ3) is 3.06. The van der Waals surface area contributed by atoms with Gasteiger partial charge in [-0.15, -0.1) is 0 Å². The first-order valence-electron chi connectivity index (χ1n) is 6.04. The fourth-order valence-electron chi connectivity index (χ4n) is 1.89. The molecule has 1 aromatic heterocycles. The Labute approximate surface area is 139 Å². The van der Waals surface area contributed by atoms with Crippen LogP contribution >= 0.6 is 23.2 Å². The van der Waals surface area contributed by atoms with Crippen molar-refractivity contribution < 1.29 is 23.8 Å². The normalized spacial score (nSPS) is 10.4. The number of hydrogen-bond donors (Lipinski definition) is 2. The minimum Gasteiger partial charge on any atom is -0.478 e. The molecule has 2 aromatic rings. The molecule has 9 heteroatoms. The maximum absolute atomic E-state index is 14.0. The summed E-state index contributed by atoms with van der Waals surface area (Å²) in [7, 11) is 1.12. The average Bonchev–Trinajstić information content (AvgIpc) is 2.51. The number of carboxylic acids is 1. The lowest BCUT2D eigenvalue weighted by Crippen LogP contribution is -2.10. The minimum absolute atomic E-state index is 0.0382. The number of carbonyl (C=O) groups is 2. The maximum atomic E-state index is 14.0. The first kappa shape index (κ1) is 17.0. The number of esters is 1. The second kappa shape index (κ2) is 6.39. The third-order valence-corrected chi connectivity index (χ3v) is 3.64. The van der Waals surface area contributed by atoms with Crippen molar-refractivity contribution in [3.8, 4) is 11.3 Å². The molecule has 1 aromatic carbocycles. The molecule has 0 saturated heterocycles. The number of rotatable bonds is 3. The summed E-state index contributed by atoms with van der Waals surface area (Å²) in [5.41, 5.74) is 4.50. The summed E-state index contributed by atoms with van der Waals surface area (Å²) in [6.07, 6.45) is 0. The molecule has 0 atom stereocenters. The van der Waals surface area contributed by atoms with Crippen LogP contribution in [0.4, 0.5) is 10.1 Å².